The summed E-state index contributed by atoms with van der Waals surface area (Å²) in [6.45, 7) is 0.595. The molecule has 1 aromatic heterocycles. The quantitative estimate of drug-likeness (QED) is 0.793. The lowest BCUT2D eigenvalue weighted by Crippen LogP contribution is -2.03. The molecule has 0 spiro atoms. The highest BCUT2D eigenvalue weighted by Gasteiger charge is 2.03. The third-order valence-electron chi connectivity index (χ3n) is 1.09. The van der Waals surface area contributed by atoms with Gasteiger partial charge in [0.15, 0.2) is 8.98 Å². The van der Waals surface area contributed by atoms with E-state index < -0.39 is 0 Å². The second-order valence-corrected chi connectivity index (χ2v) is 3.22. The zero-order valence-corrected chi connectivity index (χ0v) is 8.11. The van der Waals surface area contributed by atoms with Gasteiger partial charge in [-0.25, -0.2) is 4.98 Å². The molecule has 0 aliphatic rings. The fourth-order valence-corrected chi connectivity index (χ4v) is 1.60. The third-order valence-corrected chi connectivity index (χ3v) is 1.92. The molecule has 10 heavy (non-hydrogen) atoms. The summed E-state index contributed by atoms with van der Waals surface area (Å²) in [5.74, 6) is 0. The summed E-state index contributed by atoms with van der Waals surface area (Å²) in [6, 6.07) is 0. The molecule has 5 heteroatoms. The van der Waals surface area contributed by atoms with Crippen LogP contribution in [0.3, 0.4) is 0 Å². The number of nitrogens with two attached hydrogens (primary N) is 1. The van der Waals surface area contributed by atoms with E-state index in [4.69, 9.17) is 17.3 Å². The van der Waals surface area contributed by atoms with E-state index in [1.165, 1.54) is 0 Å². The largest absolute Gasteiger partial charge is 0.336 e. The first kappa shape index (κ1) is 8.29. The minimum atomic E-state index is 0.537. The zero-order valence-electron chi connectivity index (χ0n) is 5.19. The molecule has 0 saturated heterocycles. The Balaban J connectivity index is 2.81. The number of nitrogens with one attached hydrogen (secondary N) is 1. The Kier molecular flexibility index (Phi) is 2.94. The number of rotatable bonds is 2. The van der Waals surface area contributed by atoms with Crippen molar-refractivity contribution >= 4 is 34.2 Å². The molecule has 1 heterocycles. The number of aromatic amines is 1. The summed E-state index contributed by atoms with van der Waals surface area (Å²) >= 11 is 7.80. The smallest absolute Gasteiger partial charge is 0.170 e. The van der Waals surface area contributed by atoms with Crippen LogP contribution in [0.5, 0.6) is 0 Å². The molecule has 0 aromatic carbocycles. The van der Waals surface area contributed by atoms with Crippen LogP contribution in [-0.2, 0) is 6.42 Å². The maximum atomic E-state index is 5.72. The zero-order chi connectivity index (χ0) is 7.56. The van der Waals surface area contributed by atoms with Gasteiger partial charge in [-0.05, 0) is 29.1 Å². The Labute approximate surface area is 77.5 Å². The van der Waals surface area contributed by atoms with Crippen LogP contribution in [-0.4, -0.2) is 16.5 Å². The van der Waals surface area contributed by atoms with E-state index in [0.717, 1.165) is 15.9 Å². The van der Waals surface area contributed by atoms with E-state index >= 15 is 0 Å². The minimum Gasteiger partial charge on any atom is -0.336 e. The predicted octanol–water partition coefficient (Wildman–Crippen LogP) is 1.17. The Bertz CT molecular complexity index is 223. The molecular weight excluding hydrogens is 264 g/mol. The summed E-state index contributed by atoms with van der Waals surface area (Å²) < 4.78 is 0.811. The molecule has 0 bridgehead atoms. The Morgan fingerprint density at radius 3 is 2.80 bits per heavy atom. The minimum absolute atomic E-state index is 0.537. The van der Waals surface area contributed by atoms with Crippen molar-refractivity contribution in [3.8, 4) is 0 Å². The van der Waals surface area contributed by atoms with Gasteiger partial charge in [0.25, 0.3) is 0 Å². The molecule has 0 aliphatic carbocycles. The first-order valence-corrected chi connectivity index (χ1v) is 4.29. The lowest BCUT2D eigenvalue weighted by atomic mass is 10.3. The number of imidazole rings is 1. The number of hydrogen-bond acceptors (Lipinski definition) is 2. The maximum absolute atomic E-state index is 5.72. The van der Waals surface area contributed by atoms with Crippen molar-refractivity contribution in [2.75, 3.05) is 6.54 Å². The fourth-order valence-electron chi connectivity index (χ4n) is 0.668. The van der Waals surface area contributed by atoms with Crippen molar-refractivity contribution in [1.29, 1.82) is 0 Å². The topological polar surface area (TPSA) is 54.7 Å². The second-order valence-electron chi connectivity index (χ2n) is 1.84. The predicted molar refractivity (Wildman–Crippen MR) is 49.1 cm³/mol. The lowest BCUT2D eigenvalue weighted by molar-refractivity contribution is 0.932. The number of halogens is 2. The van der Waals surface area contributed by atoms with Gasteiger partial charge in [-0.1, -0.05) is 11.6 Å². The summed E-state index contributed by atoms with van der Waals surface area (Å²) in [5.41, 5.74) is 6.25. The van der Waals surface area contributed by atoms with Crippen LogP contribution in [0.1, 0.15) is 5.69 Å². The van der Waals surface area contributed by atoms with Crippen molar-refractivity contribution in [3.63, 3.8) is 0 Å². The van der Waals surface area contributed by atoms with Gasteiger partial charge >= 0.3 is 0 Å². The Hall–Kier alpha value is 0.190. The van der Waals surface area contributed by atoms with E-state index in [-0.39, 0.29) is 0 Å². The Morgan fingerprint density at radius 2 is 2.40 bits per heavy atom. The van der Waals surface area contributed by atoms with Crippen LogP contribution in [0.15, 0.2) is 0 Å². The van der Waals surface area contributed by atoms with Gasteiger partial charge in [0.05, 0.1) is 5.69 Å². The van der Waals surface area contributed by atoms with Crippen molar-refractivity contribution < 1.29 is 0 Å². The van der Waals surface area contributed by atoms with E-state index in [0.29, 0.717) is 11.7 Å². The Morgan fingerprint density at radius 1 is 1.70 bits per heavy atom. The van der Waals surface area contributed by atoms with Crippen LogP contribution < -0.4 is 5.73 Å². The van der Waals surface area contributed by atoms with Gasteiger partial charge < -0.3 is 10.7 Å². The fraction of sp³-hybridized carbons (Fsp3) is 0.400. The summed E-state index contributed by atoms with van der Waals surface area (Å²) in [6.07, 6.45) is 0.759. The molecule has 0 radical (unpaired) electrons. The van der Waals surface area contributed by atoms with Crippen molar-refractivity contribution in [2.24, 2.45) is 5.73 Å². The molecule has 3 nitrogen and oxygen atoms in total. The average Bonchev–Trinajstić information content (AvgIpc) is 2.13. The monoisotopic (exact) mass is 271 g/mol. The van der Waals surface area contributed by atoms with Crippen molar-refractivity contribution in [3.05, 3.63) is 14.7 Å². The molecule has 0 aliphatic heterocycles. The molecule has 3 N–H and O–H groups in total. The number of aromatic nitrogens is 2. The van der Waals surface area contributed by atoms with Gasteiger partial charge in [-0.2, -0.15) is 0 Å². The molecule has 0 saturated carbocycles. The molecule has 0 fully saturated rings. The number of H-pyrrole nitrogens is 1. The third kappa shape index (κ3) is 1.83. The van der Waals surface area contributed by atoms with Crippen molar-refractivity contribution in [2.45, 2.75) is 6.42 Å². The highest BCUT2D eigenvalue weighted by Crippen LogP contribution is 2.13. The SMILES string of the molecule is NCCc1[nH]c(I)nc1Cl. The maximum Gasteiger partial charge on any atom is 0.170 e. The summed E-state index contributed by atoms with van der Waals surface area (Å²) in [7, 11) is 0. The van der Waals surface area contributed by atoms with Gasteiger partial charge in [0.2, 0.25) is 0 Å². The summed E-state index contributed by atoms with van der Waals surface area (Å²) in [4.78, 5) is 6.98. The van der Waals surface area contributed by atoms with E-state index in [1.807, 2.05) is 0 Å². The highest BCUT2D eigenvalue weighted by atomic mass is 127. The molecule has 1 rings (SSSR count). The van der Waals surface area contributed by atoms with Gasteiger partial charge in [0, 0.05) is 6.42 Å². The molecule has 56 valence electrons. The summed E-state index contributed by atoms with van der Waals surface area (Å²) in [5, 5.41) is 0.537. The second kappa shape index (κ2) is 3.54. The highest BCUT2D eigenvalue weighted by molar-refractivity contribution is 14.1. The van der Waals surface area contributed by atoms with Gasteiger partial charge in [0.1, 0.15) is 0 Å². The number of hydrogen-bond donors (Lipinski definition) is 2. The molecule has 0 atom stereocenters. The van der Waals surface area contributed by atoms with E-state index in [9.17, 15) is 0 Å². The molecular formula is C5H7ClIN3. The van der Waals surface area contributed by atoms with Crippen molar-refractivity contribution in [1.82, 2.24) is 9.97 Å². The number of nitrogens with zero attached hydrogens (tertiary/aromatic N) is 1. The molecule has 1 aromatic rings. The average molecular weight is 271 g/mol. The van der Waals surface area contributed by atoms with E-state index in [2.05, 4.69) is 32.6 Å². The van der Waals surface area contributed by atoms with Crippen LogP contribution in [0, 0.1) is 3.83 Å². The van der Waals surface area contributed by atoms with Crippen LogP contribution in [0.2, 0.25) is 5.15 Å². The lowest BCUT2D eigenvalue weighted by Gasteiger charge is -1.90. The standard InChI is InChI=1S/C5H7ClIN3/c6-4-3(1-2-8)9-5(7)10-4/h1-2,8H2,(H,9,10). The molecule has 0 unspecified atom stereocenters. The van der Waals surface area contributed by atoms with Gasteiger partial charge in [-0.15, -0.1) is 0 Å². The normalized spacial score (nSPS) is 10.3. The van der Waals surface area contributed by atoms with Crippen LogP contribution in [0.25, 0.3) is 0 Å². The first-order valence-electron chi connectivity index (χ1n) is 2.84. The molecule has 0 amide bonds. The first-order chi connectivity index (χ1) is 4.74. The van der Waals surface area contributed by atoms with Gasteiger partial charge in [-0.3, -0.25) is 0 Å². The van der Waals surface area contributed by atoms with E-state index in [1.54, 1.807) is 0 Å². The van der Waals surface area contributed by atoms with Crippen LogP contribution in [0.4, 0.5) is 0 Å². The van der Waals surface area contributed by atoms with Crippen LogP contribution >= 0.6 is 34.2 Å².